The molecular weight excluding hydrogens is 388 g/mol. The van der Waals surface area contributed by atoms with Gasteiger partial charge in [0, 0.05) is 6.21 Å². The maximum atomic E-state index is 12.2. The summed E-state index contributed by atoms with van der Waals surface area (Å²) in [6.07, 6.45) is 15.2. The van der Waals surface area contributed by atoms with E-state index in [1.807, 2.05) is 0 Å². The Labute approximate surface area is 186 Å². The summed E-state index contributed by atoms with van der Waals surface area (Å²) in [6, 6.07) is 4.50. The molecule has 5 heteroatoms. The Kier molecular flexibility index (Phi) is 5.33. The minimum atomic E-state index is -0.138. The summed E-state index contributed by atoms with van der Waals surface area (Å²) in [7, 11) is 0. The molecule has 1 aromatic carbocycles. The van der Waals surface area contributed by atoms with Crippen LogP contribution in [0.4, 0.5) is 5.69 Å². The van der Waals surface area contributed by atoms with Crippen LogP contribution in [-0.2, 0) is 0 Å². The van der Waals surface area contributed by atoms with Crippen molar-refractivity contribution in [3.8, 4) is 5.75 Å². The summed E-state index contributed by atoms with van der Waals surface area (Å²) >= 11 is 0. The summed E-state index contributed by atoms with van der Waals surface area (Å²) < 4.78 is 0. The van der Waals surface area contributed by atoms with Crippen LogP contribution in [0.2, 0.25) is 0 Å². The minimum Gasteiger partial charge on any atom is -0.872 e. The van der Waals surface area contributed by atoms with Crippen molar-refractivity contribution in [1.29, 1.82) is 0 Å². The predicted molar refractivity (Wildman–Crippen MR) is 120 cm³/mol. The topological polar surface area (TPSA) is 79.1 Å². The quantitative estimate of drug-likeness (QED) is 0.490. The van der Waals surface area contributed by atoms with Gasteiger partial charge in [-0.15, -0.1) is 5.23 Å². The van der Waals surface area contributed by atoms with Gasteiger partial charge >= 0.3 is 0 Å². The standard InChI is InChI=1S/C26H38N2O3/c1-25-13-4-3-5-18(25)6-8-20-21-9-11-24(26(21,2)14-12-22(20)25)27-16-17-15-19(28(30)31)7-10-23(17)29/h7,10,15-16,18,20-22,24,29-31H,3-6,8-9,11-14H2,1-2H3/p-1/t18-,20-,21+,22+,24+,25+,26-/m1/s1. The first-order valence-electron chi connectivity index (χ1n) is 12.3. The molecule has 0 unspecified atom stereocenters. The molecule has 5 nitrogen and oxygen atoms in total. The third-order valence-corrected chi connectivity index (χ3v) is 10.2. The van der Waals surface area contributed by atoms with E-state index in [9.17, 15) is 15.5 Å². The molecule has 0 aliphatic heterocycles. The lowest BCUT2D eigenvalue weighted by atomic mass is 9.45. The van der Waals surface area contributed by atoms with Crippen molar-refractivity contribution in [2.75, 3.05) is 5.23 Å². The van der Waals surface area contributed by atoms with Crippen LogP contribution in [0.1, 0.15) is 83.6 Å². The number of fused-ring (bicyclic) bond motifs is 5. The highest BCUT2D eigenvalue weighted by molar-refractivity contribution is 5.85. The van der Waals surface area contributed by atoms with E-state index >= 15 is 0 Å². The Balaban J connectivity index is 1.36. The van der Waals surface area contributed by atoms with Crippen molar-refractivity contribution in [2.24, 2.45) is 39.5 Å². The number of rotatable bonds is 3. The van der Waals surface area contributed by atoms with Crippen LogP contribution >= 0.6 is 0 Å². The van der Waals surface area contributed by atoms with Crippen LogP contribution in [-0.4, -0.2) is 22.7 Å². The first-order valence-corrected chi connectivity index (χ1v) is 12.3. The molecule has 0 bridgehead atoms. The molecule has 0 aromatic heterocycles. The first kappa shape index (κ1) is 21.3. The van der Waals surface area contributed by atoms with Crippen molar-refractivity contribution in [3.63, 3.8) is 0 Å². The average Bonchev–Trinajstić information content (AvgIpc) is 3.09. The van der Waals surface area contributed by atoms with Gasteiger partial charge in [-0.25, -0.2) is 0 Å². The number of aliphatic imine (C=N–C) groups is 1. The van der Waals surface area contributed by atoms with E-state index in [1.165, 1.54) is 76.0 Å². The molecule has 1 aromatic rings. The molecule has 4 aliphatic carbocycles. The molecule has 0 spiro atoms. The number of anilines is 1. The fourth-order valence-electron chi connectivity index (χ4n) is 8.44. The highest BCUT2D eigenvalue weighted by atomic mass is 16.8. The zero-order chi connectivity index (χ0) is 21.8. The second-order valence-corrected chi connectivity index (χ2v) is 11.3. The number of benzene rings is 1. The third-order valence-electron chi connectivity index (χ3n) is 10.2. The molecule has 4 fully saturated rings. The van der Waals surface area contributed by atoms with Gasteiger partial charge in [0.2, 0.25) is 0 Å². The fraction of sp³-hybridized carbons (Fsp3) is 0.731. The van der Waals surface area contributed by atoms with Crippen molar-refractivity contribution >= 4 is 11.9 Å². The number of hydrogen-bond acceptors (Lipinski definition) is 5. The van der Waals surface area contributed by atoms with Crippen LogP contribution in [0.15, 0.2) is 23.2 Å². The van der Waals surface area contributed by atoms with Gasteiger partial charge in [-0.05, 0) is 104 Å². The molecule has 4 aliphatic rings. The van der Waals surface area contributed by atoms with E-state index in [4.69, 9.17) is 4.99 Å². The Hall–Kier alpha value is -1.59. The molecule has 7 atom stereocenters. The smallest absolute Gasteiger partial charge is 0.0948 e. The Morgan fingerprint density at radius 3 is 2.58 bits per heavy atom. The molecule has 4 saturated carbocycles. The molecule has 0 radical (unpaired) electrons. The first-order chi connectivity index (χ1) is 14.8. The maximum Gasteiger partial charge on any atom is 0.0948 e. The van der Waals surface area contributed by atoms with E-state index in [0.29, 0.717) is 11.0 Å². The summed E-state index contributed by atoms with van der Waals surface area (Å²) in [5.41, 5.74) is 1.37. The van der Waals surface area contributed by atoms with E-state index in [1.54, 1.807) is 6.21 Å². The zero-order valence-corrected chi connectivity index (χ0v) is 19.0. The van der Waals surface area contributed by atoms with Crippen LogP contribution in [0.5, 0.6) is 5.75 Å². The maximum absolute atomic E-state index is 12.2. The normalized spacial score (nSPS) is 42.1. The van der Waals surface area contributed by atoms with Crippen LogP contribution in [0.25, 0.3) is 0 Å². The molecule has 5 rings (SSSR count). The molecule has 0 heterocycles. The molecule has 170 valence electrons. The summed E-state index contributed by atoms with van der Waals surface area (Å²) in [4.78, 5) is 4.94. The highest BCUT2D eigenvalue weighted by Gasteiger charge is 2.59. The van der Waals surface area contributed by atoms with Gasteiger partial charge in [-0.3, -0.25) is 15.4 Å². The lowest BCUT2D eigenvalue weighted by Crippen LogP contribution is -2.53. The van der Waals surface area contributed by atoms with Gasteiger partial charge in [0.25, 0.3) is 0 Å². The van der Waals surface area contributed by atoms with Crippen molar-refractivity contribution in [1.82, 2.24) is 0 Å². The molecule has 2 N–H and O–H groups in total. The monoisotopic (exact) mass is 425 g/mol. The van der Waals surface area contributed by atoms with Crippen LogP contribution in [0.3, 0.4) is 0 Å². The molecule has 31 heavy (non-hydrogen) atoms. The van der Waals surface area contributed by atoms with E-state index < -0.39 is 0 Å². The molecule has 0 amide bonds. The zero-order valence-electron chi connectivity index (χ0n) is 19.0. The fourth-order valence-corrected chi connectivity index (χ4v) is 8.44. The molecular formula is C26H37N2O3-. The predicted octanol–water partition coefficient (Wildman–Crippen LogP) is 5.57. The van der Waals surface area contributed by atoms with Crippen molar-refractivity contribution < 1.29 is 15.5 Å². The second-order valence-electron chi connectivity index (χ2n) is 11.3. The lowest BCUT2D eigenvalue weighted by Gasteiger charge is -2.60. The third kappa shape index (κ3) is 3.39. The SMILES string of the molecule is C[C@]12CCCC[C@@H]1CC[C@H]1[C@@H]2CC[C@@]2(C)[C@@H](N=Cc3cc(N(O)O)ccc3[O-])CC[C@@H]12. The van der Waals surface area contributed by atoms with E-state index in [2.05, 4.69) is 13.8 Å². The average molecular weight is 426 g/mol. The Morgan fingerprint density at radius 1 is 0.968 bits per heavy atom. The van der Waals surface area contributed by atoms with Crippen LogP contribution < -0.4 is 10.3 Å². The minimum absolute atomic E-state index is 0.0488. The van der Waals surface area contributed by atoms with Gasteiger partial charge < -0.3 is 5.11 Å². The second kappa shape index (κ2) is 7.77. The van der Waals surface area contributed by atoms with Gasteiger partial charge in [-0.2, -0.15) is 0 Å². The van der Waals surface area contributed by atoms with E-state index in [0.717, 1.165) is 30.1 Å². The Morgan fingerprint density at radius 2 is 1.77 bits per heavy atom. The van der Waals surface area contributed by atoms with Gasteiger partial charge in [0.1, 0.15) is 0 Å². The summed E-state index contributed by atoms with van der Waals surface area (Å²) in [6.45, 7) is 5.07. The van der Waals surface area contributed by atoms with E-state index in [-0.39, 0.29) is 28.1 Å². The van der Waals surface area contributed by atoms with Crippen molar-refractivity contribution in [3.05, 3.63) is 23.8 Å². The van der Waals surface area contributed by atoms with Gasteiger partial charge in [0.15, 0.2) is 0 Å². The summed E-state index contributed by atoms with van der Waals surface area (Å²) in [5.74, 6) is 3.28. The number of nitrogens with zero attached hydrogens (tertiary/aromatic N) is 2. The van der Waals surface area contributed by atoms with Crippen molar-refractivity contribution in [2.45, 2.75) is 84.1 Å². The highest BCUT2D eigenvalue weighted by Crippen LogP contribution is 2.66. The molecule has 0 saturated heterocycles. The largest absolute Gasteiger partial charge is 0.872 e. The van der Waals surface area contributed by atoms with Crippen LogP contribution in [0, 0.1) is 34.5 Å². The van der Waals surface area contributed by atoms with Gasteiger partial charge in [-0.1, -0.05) is 38.5 Å². The number of hydrogen-bond donors (Lipinski definition) is 2. The summed E-state index contributed by atoms with van der Waals surface area (Å²) in [5, 5.41) is 30.8. The lowest BCUT2D eigenvalue weighted by molar-refractivity contribution is -0.268. The Bertz CT molecular complexity index is 855. The van der Waals surface area contributed by atoms with Gasteiger partial charge in [0.05, 0.1) is 11.7 Å².